The maximum absolute atomic E-state index is 8.93. The monoisotopic (exact) mass is 264 g/mol. The summed E-state index contributed by atoms with van der Waals surface area (Å²) in [4.78, 5) is 0. The lowest BCUT2D eigenvalue weighted by Crippen LogP contribution is -1.93. The minimum absolute atomic E-state index is 0.727. The number of aryl methyl sites for hydroxylation is 2. The van der Waals surface area contributed by atoms with Crippen LogP contribution in [0.1, 0.15) is 36.5 Å². The number of benzene rings is 2. The molecule has 0 saturated carbocycles. The number of hydrogen-bond acceptors (Lipinski definition) is 2. The molecule has 0 atom stereocenters. The molecule has 0 aliphatic carbocycles. The van der Waals surface area contributed by atoms with E-state index in [-0.39, 0.29) is 0 Å². The predicted octanol–water partition coefficient (Wildman–Crippen LogP) is 4.95. The van der Waals surface area contributed by atoms with Crippen molar-refractivity contribution < 1.29 is 0 Å². The Morgan fingerprint density at radius 1 is 1.05 bits per heavy atom. The SMILES string of the molecule is CCCCc1ccc(Nc2ccc(C#N)c(C)c2)cc1. The van der Waals surface area contributed by atoms with E-state index in [1.54, 1.807) is 0 Å². The van der Waals surface area contributed by atoms with Crippen LogP contribution in [-0.2, 0) is 6.42 Å². The molecule has 0 aromatic heterocycles. The topological polar surface area (TPSA) is 35.8 Å². The van der Waals surface area contributed by atoms with Crippen LogP contribution in [-0.4, -0.2) is 0 Å². The van der Waals surface area contributed by atoms with Crippen LogP contribution in [0.2, 0.25) is 0 Å². The molecule has 102 valence electrons. The van der Waals surface area contributed by atoms with Crippen LogP contribution in [0.25, 0.3) is 0 Å². The van der Waals surface area contributed by atoms with E-state index in [1.807, 2.05) is 25.1 Å². The van der Waals surface area contributed by atoms with Gasteiger partial charge >= 0.3 is 0 Å². The number of nitrogens with zero attached hydrogens (tertiary/aromatic N) is 1. The van der Waals surface area contributed by atoms with E-state index in [1.165, 1.54) is 18.4 Å². The van der Waals surface area contributed by atoms with E-state index in [4.69, 9.17) is 5.26 Å². The summed E-state index contributed by atoms with van der Waals surface area (Å²) in [5.41, 5.74) is 5.20. The average Bonchev–Trinajstić information content (AvgIpc) is 2.47. The molecule has 0 amide bonds. The first-order chi connectivity index (χ1) is 9.72. The predicted molar refractivity (Wildman–Crippen MR) is 84.2 cm³/mol. The van der Waals surface area contributed by atoms with Crippen molar-refractivity contribution in [3.63, 3.8) is 0 Å². The Balaban J connectivity index is 2.06. The molecule has 2 aromatic rings. The molecule has 2 heteroatoms. The van der Waals surface area contributed by atoms with Crippen molar-refractivity contribution in [3.8, 4) is 6.07 Å². The maximum atomic E-state index is 8.93. The fourth-order valence-electron chi connectivity index (χ4n) is 2.17. The molecule has 0 spiro atoms. The number of nitriles is 1. The maximum Gasteiger partial charge on any atom is 0.0994 e. The summed E-state index contributed by atoms with van der Waals surface area (Å²) in [6.45, 7) is 4.17. The summed E-state index contributed by atoms with van der Waals surface area (Å²) in [6.07, 6.45) is 3.61. The summed E-state index contributed by atoms with van der Waals surface area (Å²) in [6, 6.07) is 16.6. The number of hydrogen-bond donors (Lipinski definition) is 1. The summed E-state index contributed by atoms with van der Waals surface area (Å²) >= 11 is 0. The number of anilines is 2. The first-order valence-electron chi connectivity index (χ1n) is 7.09. The van der Waals surface area contributed by atoms with E-state index < -0.39 is 0 Å². The van der Waals surface area contributed by atoms with Gasteiger partial charge in [-0.1, -0.05) is 25.5 Å². The second-order valence-corrected chi connectivity index (χ2v) is 5.07. The van der Waals surface area contributed by atoms with E-state index in [2.05, 4.69) is 42.6 Å². The lowest BCUT2D eigenvalue weighted by molar-refractivity contribution is 0.795. The Morgan fingerprint density at radius 3 is 2.35 bits per heavy atom. The highest BCUT2D eigenvalue weighted by molar-refractivity contribution is 5.62. The molecule has 0 aliphatic heterocycles. The lowest BCUT2D eigenvalue weighted by Gasteiger charge is -2.09. The Hall–Kier alpha value is -2.27. The summed E-state index contributed by atoms with van der Waals surface area (Å²) in [7, 11) is 0. The highest BCUT2D eigenvalue weighted by Crippen LogP contribution is 2.20. The Labute approximate surface area is 121 Å². The van der Waals surface area contributed by atoms with Gasteiger partial charge in [-0.05, 0) is 61.2 Å². The van der Waals surface area contributed by atoms with Crippen molar-refractivity contribution in [2.45, 2.75) is 33.1 Å². The standard InChI is InChI=1S/C18H20N2/c1-3-4-5-15-6-9-17(10-7-15)20-18-11-8-16(13-19)14(2)12-18/h6-12,20H,3-5H2,1-2H3. The van der Waals surface area contributed by atoms with Crippen molar-refractivity contribution in [2.24, 2.45) is 0 Å². The minimum Gasteiger partial charge on any atom is -0.356 e. The van der Waals surface area contributed by atoms with Crippen LogP contribution >= 0.6 is 0 Å². The molecule has 2 aromatic carbocycles. The van der Waals surface area contributed by atoms with Gasteiger partial charge in [0.25, 0.3) is 0 Å². The smallest absolute Gasteiger partial charge is 0.0994 e. The van der Waals surface area contributed by atoms with E-state index in [0.29, 0.717) is 0 Å². The van der Waals surface area contributed by atoms with Crippen molar-refractivity contribution in [3.05, 3.63) is 59.2 Å². The third kappa shape index (κ3) is 3.61. The first-order valence-corrected chi connectivity index (χ1v) is 7.09. The molecular formula is C18H20N2. The largest absolute Gasteiger partial charge is 0.356 e. The Morgan fingerprint density at radius 2 is 1.75 bits per heavy atom. The zero-order valence-electron chi connectivity index (χ0n) is 12.1. The van der Waals surface area contributed by atoms with Gasteiger partial charge in [-0.25, -0.2) is 0 Å². The fourth-order valence-corrected chi connectivity index (χ4v) is 2.17. The van der Waals surface area contributed by atoms with Gasteiger partial charge in [0.15, 0.2) is 0 Å². The van der Waals surface area contributed by atoms with Crippen molar-refractivity contribution in [1.29, 1.82) is 5.26 Å². The van der Waals surface area contributed by atoms with Gasteiger partial charge in [-0.2, -0.15) is 5.26 Å². The molecule has 2 rings (SSSR count). The number of rotatable bonds is 5. The molecule has 0 saturated heterocycles. The number of unbranched alkanes of at least 4 members (excludes halogenated alkanes) is 1. The Bertz CT molecular complexity index is 606. The van der Waals surface area contributed by atoms with Gasteiger partial charge < -0.3 is 5.32 Å². The average molecular weight is 264 g/mol. The Kier molecular flexibility index (Phi) is 4.79. The van der Waals surface area contributed by atoms with E-state index in [0.717, 1.165) is 28.9 Å². The highest BCUT2D eigenvalue weighted by atomic mass is 14.9. The van der Waals surface area contributed by atoms with Gasteiger partial charge in [-0.15, -0.1) is 0 Å². The molecular weight excluding hydrogens is 244 g/mol. The van der Waals surface area contributed by atoms with Crippen molar-refractivity contribution in [1.82, 2.24) is 0 Å². The molecule has 0 aliphatic rings. The second kappa shape index (κ2) is 6.77. The van der Waals surface area contributed by atoms with Gasteiger partial charge in [-0.3, -0.25) is 0 Å². The van der Waals surface area contributed by atoms with Gasteiger partial charge in [0.2, 0.25) is 0 Å². The van der Waals surface area contributed by atoms with E-state index >= 15 is 0 Å². The zero-order chi connectivity index (χ0) is 14.4. The third-order valence-corrected chi connectivity index (χ3v) is 3.41. The molecule has 0 radical (unpaired) electrons. The van der Waals surface area contributed by atoms with Crippen LogP contribution in [0.15, 0.2) is 42.5 Å². The van der Waals surface area contributed by atoms with Crippen LogP contribution in [0.3, 0.4) is 0 Å². The number of nitrogens with one attached hydrogen (secondary N) is 1. The molecule has 1 N–H and O–H groups in total. The first kappa shape index (κ1) is 14.1. The summed E-state index contributed by atoms with van der Waals surface area (Å²) in [5, 5.41) is 12.3. The molecule has 20 heavy (non-hydrogen) atoms. The molecule has 0 heterocycles. The molecule has 0 unspecified atom stereocenters. The fraction of sp³-hybridized carbons (Fsp3) is 0.278. The minimum atomic E-state index is 0.727. The molecule has 2 nitrogen and oxygen atoms in total. The van der Waals surface area contributed by atoms with Gasteiger partial charge in [0, 0.05) is 11.4 Å². The van der Waals surface area contributed by atoms with Crippen molar-refractivity contribution >= 4 is 11.4 Å². The highest BCUT2D eigenvalue weighted by Gasteiger charge is 2.00. The van der Waals surface area contributed by atoms with Crippen LogP contribution in [0, 0.1) is 18.3 Å². The molecule has 0 fully saturated rings. The molecule has 0 bridgehead atoms. The van der Waals surface area contributed by atoms with E-state index in [9.17, 15) is 0 Å². The normalized spacial score (nSPS) is 10.1. The summed E-state index contributed by atoms with van der Waals surface area (Å²) in [5.74, 6) is 0. The quantitative estimate of drug-likeness (QED) is 0.829. The van der Waals surface area contributed by atoms with Crippen LogP contribution < -0.4 is 5.32 Å². The zero-order valence-corrected chi connectivity index (χ0v) is 12.1. The summed E-state index contributed by atoms with van der Waals surface area (Å²) < 4.78 is 0. The second-order valence-electron chi connectivity index (χ2n) is 5.07. The van der Waals surface area contributed by atoms with Crippen LogP contribution in [0.4, 0.5) is 11.4 Å². The van der Waals surface area contributed by atoms with Crippen LogP contribution in [0.5, 0.6) is 0 Å². The van der Waals surface area contributed by atoms with Crippen molar-refractivity contribution in [2.75, 3.05) is 5.32 Å². The lowest BCUT2D eigenvalue weighted by atomic mass is 10.1. The van der Waals surface area contributed by atoms with Gasteiger partial charge in [0.05, 0.1) is 11.6 Å². The van der Waals surface area contributed by atoms with Gasteiger partial charge in [0.1, 0.15) is 0 Å². The third-order valence-electron chi connectivity index (χ3n) is 3.41.